The molecule has 5 rings (SSSR count). The molecule has 4 heterocycles. The number of aromatic nitrogens is 2. The molecular formula is C23H21FN4O3S. The molecule has 1 aromatic carbocycles. The van der Waals surface area contributed by atoms with Gasteiger partial charge in [-0.15, -0.1) is 11.3 Å². The van der Waals surface area contributed by atoms with Crippen LogP contribution in [0, 0.1) is 12.7 Å². The second-order valence-corrected chi connectivity index (χ2v) is 8.85. The Hall–Kier alpha value is -3.46. The van der Waals surface area contributed by atoms with Crippen LogP contribution in [0.5, 0.6) is 0 Å². The van der Waals surface area contributed by atoms with Crippen molar-refractivity contribution in [3.63, 3.8) is 0 Å². The highest BCUT2D eigenvalue weighted by Gasteiger charge is 2.27. The SMILES string of the molecule is Cc1nn(-c2ccc(F)cc2)c2sc(C(=O)NC3CCN(C(=O)c4ccco4)CC3)cc12. The molecule has 1 aliphatic heterocycles. The van der Waals surface area contributed by atoms with Crippen molar-refractivity contribution in [1.29, 1.82) is 0 Å². The van der Waals surface area contributed by atoms with E-state index in [4.69, 9.17) is 4.42 Å². The first-order chi connectivity index (χ1) is 15.5. The number of hydrogen-bond acceptors (Lipinski definition) is 5. The summed E-state index contributed by atoms with van der Waals surface area (Å²) in [5.41, 5.74) is 1.55. The highest BCUT2D eigenvalue weighted by Crippen LogP contribution is 2.30. The topological polar surface area (TPSA) is 80.4 Å². The van der Waals surface area contributed by atoms with E-state index in [1.165, 1.54) is 29.7 Å². The Morgan fingerprint density at radius 3 is 2.62 bits per heavy atom. The number of nitrogens with one attached hydrogen (secondary N) is 1. The van der Waals surface area contributed by atoms with Gasteiger partial charge in [0.15, 0.2) is 5.76 Å². The molecule has 0 radical (unpaired) electrons. The maximum Gasteiger partial charge on any atom is 0.289 e. The number of amides is 2. The number of hydrogen-bond donors (Lipinski definition) is 1. The molecule has 9 heteroatoms. The van der Waals surface area contributed by atoms with Crippen LogP contribution in [0.1, 0.15) is 38.8 Å². The Bertz CT molecular complexity index is 1270. The third kappa shape index (κ3) is 3.80. The van der Waals surface area contributed by atoms with Crippen molar-refractivity contribution in [3.05, 3.63) is 70.9 Å². The van der Waals surface area contributed by atoms with E-state index in [9.17, 15) is 14.0 Å². The lowest BCUT2D eigenvalue weighted by Gasteiger charge is -2.31. The standard InChI is InChI=1S/C23H21FN4O3S/c1-14-18-13-20(32-23(18)28(26-14)17-6-4-15(24)5-7-17)21(29)25-16-8-10-27(11-9-16)22(30)19-3-2-12-31-19/h2-7,12-13,16H,8-11H2,1H3,(H,25,29). The molecule has 2 amide bonds. The van der Waals surface area contributed by atoms with Crippen molar-refractivity contribution in [2.45, 2.75) is 25.8 Å². The lowest BCUT2D eigenvalue weighted by molar-refractivity contribution is 0.0667. The highest BCUT2D eigenvalue weighted by molar-refractivity contribution is 7.20. The van der Waals surface area contributed by atoms with Crippen LogP contribution in [0.25, 0.3) is 15.9 Å². The van der Waals surface area contributed by atoms with Gasteiger partial charge in [0.1, 0.15) is 10.6 Å². The van der Waals surface area contributed by atoms with Gasteiger partial charge in [0.05, 0.1) is 22.5 Å². The number of carbonyl (C=O) groups is 2. The van der Waals surface area contributed by atoms with Crippen LogP contribution in [0.15, 0.2) is 53.1 Å². The molecule has 1 saturated heterocycles. The van der Waals surface area contributed by atoms with Crippen LogP contribution in [0.3, 0.4) is 0 Å². The summed E-state index contributed by atoms with van der Waals surface area (Å²) in [5, 5.41) is 8.54. The maximum atomic E-state index is 13.3. The van der Waals surface area contributed by atoms with E-state index in [0.29, 0.717) is 36.6 Å². The smallest absolute Gasteiger partial charge is 0.289 e. The average Bonchev–Trinajstić information content (AvgIpc) is 3.53. The van der Waals surface area contributed by atoms with Crippen LogP contribution in [-0.4, -0.2) is 45.6 Å². The van der Waals surface area contributed by atoms with E-state index in [-0.39, 0.29) is 23.7 Å². The summed E-state index contributed by atoms with van der Waals surface area (Å²) in [4.78, 5) is 28.5. The van der Waals surface area contributed by atoms with Gasteiger partial charge in [0.25, 0.3) is 11.8 Å². The zero-order valence-corrected chi connectivity index (χ0v) is 18.2. The third-order valence-corrected chi connectivity index (χ3v) is 6.80. The van der Waals surface area contributed by atoms with Crippen molar-refractivity contribution < 1.29 is 18.4 Å². The second-order valence-electron chi connectivity index (χ2n) is 7.82. The first-order valence-corrected chi connectivity index (χ1v) is 11.2. The number of likely N-dealkylation sites (tertiary alicyclic amines) is 1. The molecule has 4 aromatic rings. The van der Waals surface area contributed by atoms with Crippen LogP contribution in [0.4, 0.5) is 4.39 Å². The quantitative estimate of drug-likeness (QED) is 0.504. The van der Waals surface area contributed by atoms with Gasteiger partial charge in [-0.3, -0.25) is 9.59 Å². The minimum absolute atomic E-state index is 0.00283. The Labute approximate surface area is 187 Å². The summed E-state index contributed by atoms with van der Waals surface area (Å²) >= 11 is 1.36. The molecule has 0 aliphatic carbocycles. The fourth-order valence-electron chi connectivity index (χ4n) is 3.96. The fraction of sp³-hybridized carbons (Fsp3) is 0.261. The largest absolute Gasteiger partial charge is 0.459 e. The van der Waals surface area contributed by atoms with Gasteiger partial charge < -0.3 is 14.6 Å². The first-order valence-electron chi connectivity index (χ1n) is 10.4. The Kier molecular flexibility index (Phi) is 5.26. The van der Waals surface area contributed by atoms with Crippen LogP contribution in [0.2, 0.25) is 0 Å². The number of thiophene rings is 1. The summed E-state index contributed by atoms with van der Waals surface area (Å²) in [6.07, 6.45) is 2.86. The van der Waals surface area contributed by atoms with Gasteiger partial charge in [-0.1, -0.05) is 0 Å². The zero-order chi connectivity index (χ0) is 22.2. The Morgan fingerprint density at radius 1 is 1.19 bits per heavy atom. The normalized spacial score (nSPS) is 14.8. The number of nitrogens with zero attached hydrogens (tertiary/aromatic N) is 3. The molecule has 3 aromatic heterocycles. The van der Waals surface area contributed by atoms with Crippen LogP contribution in [-0.2, 0) is 0 Å². The average molecular weight is 453 g/mol. The number of carbonyl (C=O) groups excluding carboxylic acids is 2. The van der Waals surface area contributed by atoms with E-state index >= 15 is 0 Å². The molecule has 0 atom stereocenters. The number of rotatable bonds is 4. The van der Waals surface area contributed by atoms with Gasteiger partial charge in [0.2, 0.25) is 0 Å². The van der Waals surface area contributed by atoms with Gasteiger partial charge in [-0.25, -0.2) is 9.07 Å². The van der Waals surface area contributed by atoms with Crippen molar-refractivity contribution in [1.82, 2.24) is 20.0 Å². The predicted molar refractivity (Wildman–Crippen MR) is 119 cm³/mol. The minimum Gasteiger partial charge on any atom is -0.459 e. The predicted octanol–water partition coefficient (Wildman–Crippen LogP) is 4.16. The number of halogens is 1. The molecule has 0 spiro atoms. The van der Waals surface area contributed by atoms with E-state index in [0.717, 1.165) is 21.6 Å². The van der Waals surface area contributed by atoms with E-state index < -0.39 is 0 Å². The molecule has 1 N–H and O–H groups in total. The second kappa shape index (κ2) is 8.23. The summed E-state index contributed by atoms with van der Waals surface area (Å²) < 4.78 is 20.2. The molecule has 7 nitrogen and oxygen atoms in total. The molecule has 1 aliphatic rings. The molecule has 1 fully saturated rings. The lowest BCUT2D eigenvalue weighted by Crippen LogP contribution is -2.46. The van der Waals surface area contributed by atoms with E-state index in [2.05, 4.69) is 10.4 Å². The van der Waals surface area contributed by atoms with Crippen LogP contribution < -0.4 is 5.32 Å². The van der Waals surface area contributed by atoms with E-state index in [1.54, 1.807) is 33.8 Å². The minimum atomic E-state index is -0.308. The summed E-state index contributed by atoms with van der Waals surface area (Å²) in [6.45, 7) is 3.02. The number of fused-ring (bicyclic) bond motifs is 1. The molecular weight excluding hydrogens is 431 g/mol. The first kappa shape index (κ1) is 20.4. The Morgan fingerprint density at radius 2 is 1.94 bits per heavy atom. The van der Waals surface area contributed by atoms with Crippen molar-refractivity contribution in [2.75, 3.05) is 13.1 Å². The maximum absolute atomic E-state index is 13.3. The van der Waals surface area contributed by atoms with Gasteiger partial charge in [0, 0.05) is 24.5 Å². The third-order valence-electron chi connectivity index (χ3n) is 5.69. The van der Waals surface area contributed by atoms with Gasteiger partial charge in [-0.2, -0.15) is 5.10 Å². The molecule has 164 valence electrons. The van der Waals surface area contributed by atoms with Crippen molar-refractivity contribution >= 4 is 33.4 Å². The zero-order valence-electron chi connectivity index (χ0n) is 17.4. The number of furan rings is 1. The summed E-state index contributed by atoms with van der Waals surface area (Å²) in [6, 6.07) is 11.3. The summed E-state index contributed by atoms with van der Waals surface area (Å²) in [5.74, 6) is -0.225. The van der Waals surface area contributed by atoms with Crippen molar-refractivity contribution in [2.24, 2.45) is 0 Å². The number of benzene rings is 1. The molecule has 0 unspecified atom stereocenters. The van der Waals surface area contributed by atoms with Gasteiger partial charge in [-0.05, 0) is 62.2 Å². The molecule has 32 heavy (non-hydrogen) atoms. The summed E-state index contributed by atoms with van der Waals surface area (Å²) in [7, 11) is 0. The lowest BCUT2D eigenvalue weighted by atomic mass is 10.0. The number of aryl methyl sites for hydroxylation is 1. The Balaban J connectivity index is 1.27. The van der Waals surface area contributed by atoms with Gasteiger partial charge >= 0.3 is 0 Å². The van der Waals surface area contributed by atoms with Crippen LogP contribution >= 0.6 is 11.3 Å². The van der Waals surface area contributed by atoms with E-state index in [1.807, 2.05) is 13.0 Å². The molecule has 0 saturated carbocycles. The van der Waals surface area contributed by atoms with Crippen molar-refractivity contribution in [3.8, 4) is 5.69 Å². The molecule has 0 bridgehead atoms. The number of piperidine rings is 1. The fourth-order valence-corrected chi connectivity index (χ4v) is 5.04. The highest BCUT2D eigenvalue weighted by atomic mass is 32.1. The monoisotopic (exact) mass is 452 g/mol.